The minimum absolute atomic E-state index is 0.0287. The number of quaternary nitrogens is 1. The van der Waals surface area contributed by atoms with E-state index in [0.717, 1.165) is 103 Å². The van der Waals surface area contributed by atoms with Crippen LogP contribution in [0, 0.1) is 0 Å². The van der Waals surface area contributed by atoms with Crippen molar-refractivity contribution in [3.05, 3.63) is 85.1 Å². The van der Waals surface area contributed by atoms with Crippen LogP contribution < -0.4 is 10.2 Å². The monoisotopic (exact) mass is 1150 g/mol. The molecule has 0 spiro atoms. The summed E-state index contributed by atoms with van der Waals surface area (Å²) in [5.74, 6) is -0.560. The van der Waals surface area contributed by atoms with Gasteiger partial charge in [0.25, 0.3) is 7.82 Å². The Morgan fingerprint density at radius 3 is 1.15 bits per heavy atom. The van der Waals surface area contributed by atoms with Crippen molar-refractivity contribution in [2.45, 2.75) is 315 Å². The number of unbranched alkanes of at least 4 members (excludes halogenated alkanes) is 33. The van der Waals surface area contributed by atoms with Gasteiger partial charge < -0.3 is 28.5 Å². The quantitative estimate of drug-likeness (QED) is 0.0212. The molecule has 0 saturated carbocycles. The zero-order valence-electron chi connectivity index (χ0n) is 53.7. The van der Waals surface area contributed by atoms with E-state index in [-0.39, 0.29) is 24.9 Å². The molecule has 0 aliphatic carbocycles. The van der Waals surface area contributed by atoms with Gasteiger partial charge in [0.05, 0.1) is 33.8 Å². The van der Waals surface area contributed by atoms with Crippen LogP contribution in [0.4, 0.5) is 0 Å². The van der Waals surface area contributed by atoms with Gasteiger partial charge in [0.2, 0.25) is 5.91 Å². The highest BCUT2D eigenvalue weighted by molar-refractivity contribution is 7.45. The van der Waals surface area contributed by atoms with Crippen LogP contribution in [0.1, 0.15) is 303 Å². The molecule has 0 saturated heterocycles. The van der Waals surface area contributed by atoms with Crippen molar-refractivity contribution in [2.24, 2.45) is 0 Å². The van der Waals surface area contributed by atoms with Crippen molar-refractivity contribution in [2.75, 3.05) is 40.9 Å². The first-order valence-electron chi connectivity index (χ1n) is 33.9. The van der Waals surface area contributed by atoms with E-state index in [2.05, 4.69) is 99.0 Å². The first-order valence-corrected chi connectivity index (χ1v) is 35.4. The molecule has 1 amide bonds. The van der Waals surface area contributed by atoms with Gasteiger partial charge in [-0.25, -0.2) is 0 Å². The summed E-state index contributed by atoms with van der Waals surface area (Å²) < 4.78 is 30.4. The molecule has 10 heteroatoms. The summed E-state index contributed by atoms with van der Waals surface area (Å²) >= 11 is 0. The van der Waals surface area contributed by atoms with Gasteiger partial charge in [0.1, 0.15) is 19.3 Å². The lowest BCUT2D eigenvalue weighted by molar-refractivity contribution is -0.870. The van der Waals surface area contributed by atoms with Crippen LogP contribution in [-0.4, -0.2) is 69.4 Å². The predicted octanol–water partition coefficient (Wildman–Crippen LogP) is 20.7. The lowest BCUT2D eigenvalue weighted by atomic mass is 10.0. The number of hydrogen-bond donors (Lipinski definition) is 1. The van der Waals surface area contributed by atoms with E-state index >= 15 is 0 Å². The Morgan fingerprint density at radius 1 is 0.432 bits per heavy atom. The number of ether oxygens (including phenoxy) is 1. The number of nitrogens with zero attached hydrogens (tertiary/aromatic N) is 1. The Bertz CT molecular complexity index is 1660. The van der Waals surface area contributed by atoms with Crippen molar-refractivity contribution in [3.8, 4) is 0 Å². The van der Waals surface area contributed by atoms with E-state index < -0.39 is 26.6 Å². The molecule has 3 unspecified atom stereocenters. The van der Waals surface area contributed by atoms with Gasteiger partial charge >= 0.3 is 5.97 Å². The van der Waals surface area contributed by atoms with Crippen molar-refractivity contribution in [1.29, 1.82) is 0 Å². The lowest BCUT2D eigenvalue weighted by Gasteiger charge is -2.30. The van der Waals surface area contributed by atoms with Crippen LogP contribution in [0.5, 0.6) is 0 Å². The number of rotatable bonds is 61. The fraction of sp³-hybridized carbons (Fsp3) is 0.775. The number of amides is 1. The molecule has 0 radical (unpaired) electrons. The fourth-order valence-electron chi connectivity index (χ4n) is 9.54. The third-order valence-corrected chi connectivity index (χ3v) is 15.8. The average Bonchev–Trinajstić information content (AvgIpc) is 3.44. The van der Waals surface area contributed by atoms with Gasteiger partial charge in [-0.05, 0) is 109 Å². The van der Waals surface area contributed by atoms with Crippen LogP contribution >= 0.6 is 7.82 Å². The van der Waals surface area contributed by atoms with E-state index in [1.165, 1.54) is 161 Å². The molecule has 0 bridgehead atoms. The molecule has 0 aliphatic rings. The second kappa shape index (κ2) is 60.3. The van der Waals surface area contributed by atoms with Gasteiger partial charge in [-0.1, -0.05) is 267 Å². The number of likely N-dealkylation sites (N-methyl/N-ethyl adjacent to an activating group) is 1. The Balaban J connectivity index is 5.23. The van der Waals surface area contributed by atoms with Crippen molar-refractivity contribution < 1.29 is 37.3 Å². The molecule has 0 aromatic carbocycles. The normalized spacial score (nSPS) is 14.1. The summed E-state index contributed by atoms with van der Waals surface area (Å²) in [7, 11) is 1.17. The Kier molecular flexibility index (Phi) is 58.2. The van der Waals surface area contributed by atoms with E-state index in [4.69, 9.17) is 13.8 Å². The van der Waals surface area contributed by atoms with Crippen LogP contribution in [0.2, 0.25) is 0 Å². The fourth-order valence-corrected chi connectivity index (χ4v) is 10.3. The van der Waals surface area contributed by atoms with E-state index in [1.54, 1.807) is 0 Å². The molecular weight excluding hydrogens is 1020 g/mol. The second-order valence-corrected chi connectivity index (χ2v) is 25.4. The van der Waals surface area contributed by atoms with E-state index in [9.17, 15) is 19.0 Å². The SMILES string of the molecule is CCCCC/C=C\C/C=C\C/C=C\C/C=C\CCCCCCCC(=O)OC(/C=C/CCCCCCCCCCCCC)C(COP(=O)([O-])OCC[N+](C)(C)C)NC(=O)CCCCCCCCCCCCC/C=C\C/C=C\CCCCC. The molecular formula is C71H129N2O7P. The highest BCUT2D eigenvalue weighted by Gasteiger charge is 2.27. The van der Waals surface area contributed by atoms with Crippen molar-refractivity contribution in [1.82, 2.24) is 5.32 Å². The number of phosphoric acid groups is 1. The molecule has 0 rings (SSSR count). The number of esters is 1. The summed E-state index contributed by atoms with van der Waals surface area (Å²) in [6, 6.07) is -0.902. The number of carbonyl (C=O) groups is 2. The summed E-state index contributed by atoms with van der Waals surface area (Å²) in [6.45, 7) is 6.80. The summed E-state index contributed by atoms with van der Waals surface area (Å²) in [6.07, 6.45) is 79.7. The number of nitrogens with one attached hydrogen (secondary N) is 1. The van der Waals surface area contributed by atoms with Gasteiger partial charge in [-0.15, -0.1) is 0 Å². The molecule has 470 valence electrons. The average molecular weight is 1150 g/mol. The molecule has 0 aromatic heterocycles. The molecule has 0 aliphatic heterocycles. The maximum absolute atomic E-state index is 13.6. The summed E-state index contributed by atoms with van der Waals surface area (Å²) in [5, 5.41) is 3.03. The number of carbonyl (C=O) groups excluding carboxylic acids is 2. The van der Waals surface area contributed by atoms with Crippen LogP contribution in [0.25, 0.3) is 0 Å². The number of phosphoric ester groups is 1. The van der Waals surface area contributed by atoms with Crippen LogP contribution in [-0.2, 0) is 27.9 Å². The molecule has 0 heterocycles. The van der Waals surface area contributed by atoms with Crippen LogP contribution in [0.3, 0.4) is 0 Å². The van der Waals surface area contributed by atoms with Gasteiger partial charge in [-0.2, -0.15) is 0 Å². The third-order valence-electron chi connectivity index (χ3n) is 14.8. The first-order chi connectivity index (χ1) is 39.4. The lowest BCUT2D eigenvalue weighted by Crippen LogP contribution is -2.47. The molecule has 0 aromatic rings. The standard InChI is InChI=1S/C71H129N2O7P/c1-7-10-13-16-19-22-25-28-30-32-34-36-38-40-42-45-48-51-54-57-60-63-70(74)72-68(67-79-81(76,77)78-66-65-73(4,5)6)69(62-59-56-53-50-47-44-27-24-21-18-15-12-9-3)80-71(75)64-61-58-55-52-49-46-43-41-39-37-35-33-31-29-26-23-20-17-14-11-8-2/h19-20,22-23,28-31,35,37,41,43,59,62,68-69H,7-18,21,24-27,32-34,36,38-40,42,44-58,60-61,63-67H2,1-6H3,(H-,72,74,76,77)/b22-19-,23-20-,30-28-,31-29-,37-35-,43-41-,62-59+. The first kappa shape index (κ1) is 78.2. The smallest absolute Gasteiger partial charge is 0.306 e. The van der Waals surface area contributed by atoms with E-state index in [1.807, 2.05) is 33.3 Å². The van der Waals surface area contributed by atoms with Crippen molar-refractivity contribution >= 4 is 19.7 Å². The molecule has 9 nitrogen and oxygen atoms in total. The Hall–Kier alpha value is -2.81. The zero-order valence-corrected chi connectivity index (χ0v) is 54.6. The predicted molar refractivity (Wildman–Crippen MR) is 348 cm³/mol. The van der Waals surface area contributed by atoms with Gasteiger partial charge in [-0.3, -0.25) is 14.2 Å². The molecule has 81 heavy (non-hydrogen) atoms. The topological polar surface area (TPSA) is 114 Å². The molecule has 0 fully saturated rings. The second-order valence-electron chi connectivity index (χ2n) is 24.0. The van der Waals surface area contributed by atoms with Crippen molar-refractivity contribution in [3.63, 3.8) is 0 Å². The zero-order chi connectivity index (χ0) is 59.3. The van der Waals surface area contributed by atoms with Gasteiger partial charge in [0, 0.05) is 12.8 Å². The largest absolute Gasteiger partial charge is 0.756 e. The molecule has 3 atom stereocenters. The Morgan fingerprint density at radius 2 is 0.753 bits per heavy atom. The highest BCUT2D eigenvalue weighted by Crippen LogP contribution is 2.38. The van der Waals surface area contributed by atoms with Gasteiger partial charge in [0.15, 0.2) is 0 Å². The minimum Gasteiger partial charge on any atom is -0.756 e. The number of hydrogen-bond acceptors (Lipinski definition) is 7. The Labute approximate surface area is 501 Å². The molecule has 1 N–H and O–H groups in total. The van der Waals surface area contributed by atoms with Crippen LogP contribution in [0.15, 0.2) is 85.1 Å². The minimum atomic E-state index is -4.71. The maximum Gasteiger partial charge on any atom is 0.306 e. The number of allylic oxidation sites excluding steroid dienone is 13. The highest BCUT2D eigenvalue weighted by atomic mass is 31.2. The summed E-state index contributed by atoms with van der Waals surface area (Å²) in [4.78, 5) is 40.1. The maximum atomic E-state index is 13.6. The summed E-state index contributed by atoms with van der Waals surface area (Å²) in [5.41, 5.74) is 0. The van der Waals surface area contributed by atoms with E-state index in [0.29, 0.717) is 23.9 Å². The third kappa shape index (κ3) is 61.6.